The smallest absolute Gasteiger partial charge is 0.416 e. The molecule has 4 rings (SSSR count). The van der Waals surface area contributed by atoms with Crippen molar-refractivity contribution >= 4 is 16.9 Å². The van der Waals surface area contributed by atoms with Crippen LogP contribution in [0, 0.1) is 0 Å². The van der Waals surface area contributed by atoms with Crippen LogP contribution in [0.2, 0.25) is 0 Å². The van der Waals surface area contributed by atoms with Crippen LogP contribution < -0.4 is 14.9 Å². The van der Waals surface area contributed by atoms with Crippen molar-refractivity contribution < 1.29 is 36.6 Å². The summed E-state index contributed by atoms with van der Waals surface area (Å²) in [6.45, 7) is 6.68. The second kappa shape index (κ2) is 13.8. The molecule has 222 valence electrons. The number of alkyl halides is 3. The minimum absolute atomic E-state index is 0.0119. The first-order valence-electron chi connectivity index (χ1n) is 13.6. The maximum atomic E-state index is 13.2. The van der Waals surface area contributed by atoms with Gasteiger partial charge in [-0.3, -0.25) is 9.69 Å². The number of pyridine rings is 1. The Morgan fingerprint density at radius 1 is 1.00 bits per heavy atom. The van der Waals surface area contributed by atoms with Crippen molar-refractivity contribution in [3.05, 3.63) is 63.8 Å². The first-order chi connectivity index (χ1) is 19.6. The molecule has 0 atom stereocenters. The molecular formula is C29H34F3N3O6. The number of carbonyl (C=O) groups excluding carboxylic acids is 1. The lowest BCUT2D eigenvalue weighted by atomic mass is 10.1. The van der Waals surface area contributed by atoms with Crippen molar-refractivity contribution in [1.29, 1.82) is 0 Å². The summed E-state index contributed by atoms with van der Waals surface area (Å²) < 4.78 is 61.6. The van der Waals surface area contributed by atoms with Crippen molar-refractivity contribution in [3.63, 3.8) is 0 Å². The van der Waals surface area contributed by atoms with Crippen LogP contribution in [0.5, 0.6) is 11.5 Å². The third-order valence-corrected chi connectivity index (χ3v) is 6.72. The number of hydrogen-bond acceptors (Lipinski definition) is 9. The number of aromatic nitrogens is 1. The highest BCUT2D eigenvalue weighted by Gasteiger charge is 2.31. The Bertz CT molecular complexity index is 1390. The van der Waals surface area contributed by atoms with E-state index in [-0.39, 0.29) is 41.4 Å². The van der Waals surface area contributed by atoms with Gasteiger partial charge in [-0.1, -0.05) is 0 Å². The van der Waals surface area contributed by atoms with Gasteiger partial charge in [-0.25, -0.2) is 9.78 Å². The largest absolute Gasteiger partial charge is 0.493 e. The molecule has 9 nitrogen and oxygen atoms in total. The van der Waals surface area contributed by atoms with E-state index in [1.165, 1.54) is 24.5 Å². The number of benzene rings is 1. The van der Waals surface area contributed by atoms with E-state index in [9.17, 15) is 22.8 Å². The van der Waals surface area contributed by atoms with Crippen molar-refractivity contribution in [2.24, 2.45) is 0 Å². The van der Waals surface area contributed by atoms with E-state index in [0.29, 0.717) is 43.6 Å². The van der Waals surface area contributed by atoms with E-state index in [2.05, 4.69) is 21.8 Å². The van der Waals surface area contributed by atoms with Crippen molar-refractivity contribution in [2.45, 2.75) is 38.9 Å². The Hall–Kier alpha value is -3.64. The number of ether oxygens (including phenoxy) is 3. The van der Waals surface area contributed by atoms with Crippen molar-refractivity contribution in [2.75, 3.05) is 53.0 Å². The van der Waals surface area contributed by atoms with E-state index < -0.39 is 17.7 Å². The zero-order valence-corrected chi connectivity index (χ0v) is 23.2. The van der Waals surface area contributed by atoms with Crippen LogP contribution in [0.3, 0.4) is 0 Å². The summed E-state index contributed by atoms with van der Waals surface area (Å²) in [5, 5.41) is 0.358. The van der Waals surface area contributed by atoms with Crippen LogP contribution in [-0.2, 0) is 17.5 Å². The Labute approximate surface area is 235 Å². The summed E-state index contributed by atoms with van der Waals surface area (Å²) >= 11 is 0. The topological polar surface area (TPSA) is 94.3 Å². The van der Waals surface area contributed by atoms with Crippen LogP contribution in [0.4, 0.5) is 13.2 Å². The molecule has 0 amide bonds. The zero-order valence-electron chi connectivity index (χ0n) is 23.2. The van der Waals surface area contributed by atoms with Crippen molar-refractivity contribution in [1.82, 2.24) is 14.8 Å². The molecule has 0 unspecified atom stereocenters. The maximum Gasteiger partial charge on any atom is 0.416 e. The molecule has 2 aromatic heterocycles. The fourth-order valence-electron chi connectivity index (χ4n) is 4.40. The molecule has 1 aromatic carbocycles. The lowest BCUT2D eigenvalue weighted by molar-refractivity contribution is -0.137. The van der Waals surface area contributed by atoms with Gasteiger partial charge in [-0.15, -0.1) is 0 Å². The molecule has 0 spiro atoms. The quantitative estimate of drug-likeness (QED) is 0.223. The molecule has 1 aliphatic heterocycles. The molecular weight excluding hydrogens is 543 g/mol. The molecule has 0 bridgehead atoms. The molecule has 0 radical (unpaired) electrons. The van der Waals surface area contributed by atoms with Gasteiger partial charge in [0.25, 0.3) is 0 Å². The van der Waals surface area contributed by atoms with E-state index in [1.807, 2.05) is 0 Å². The Kier molecular flexibility index (Phi) is 10.2. The van der Waals surface area contributed by atoms with Gasteiger partial charge < -0.3 is 23.5 Å². The van der Waals surface area contributed by atoms with Gasteiger partial charge in [-0.05, 0) is 51.4 Å². The molecule has 0 saturated carbocycles. The van der Waals surface area contributed by atoms with Crippen LogP contribution >= 0.6 is 0 Å². The molecule has 0 aliphatic carbocycles. The van der Waals surface area contributed by atoms with Crippen LogP contribution in [0.25, 0.3) is 10.9 Å². The average Bonchev–Trinajstić information content (AvgIpc) is 2.94. The van der Waals surface area contributed by atoms with Gasteiger partial charge in [-0.2, -0.15) is 13.2 Å². The number of rotatable bonds is 12. The first kappa shape index (κ1) is 30.3. The first-order valence-corrected chi connectivity index (χ1v) is 13.6. The third kappa shape index (κ3) is 8.43. The van der Waals surface area contributed by atoms with Gasteiger partial charge >= 0.3 is 12.1 Å². The lowest BCUT2D eigenvalue weighted by Crippen LogP contribution is -2.43. The number of hydrogen-bond donors (Lipinski definition) is 0. The van der Waals surface area contributed by atoms with Crippen molar-refractivity contribution in [3.8, 4) is 11.5 Å². The lowest BCUT2D eigenvalue weighted by Gasteiger charge is -2.31. The molecule has 41 heavy (non-hydrogen) atoms. The summed E-state index contributed by atoms with van der Waals surface area (Å²) in [7, 11) is 2.08. The number of likely N-dealkylation sites (N-methyl/N-ethyl adjacent to an activating group) is 1. The molecule has 1 aliphatic rings. The normalized spacial score (nSPS) is 14.8. The van der Waals surface area contributed by atoms with Gasteiger partial charge in [0, 0.05) is 43.7 Å². The third-order valence-electron chi connectivity index (χ3n) is 6.72. The van der Waals surface area contributed by atoms with E-state index >= 15 is 0 Å². The second-order valence-corrected chi connectivity index (χ2v) is 9.87. The number of fused-ring (bicyclic) bond motifs is 1. The SMILES string of the molecule is CCOC(=O)c1cc(OCCCCCOc2coc(CN3CCN(C)CC3)cc2=O)c2ccc(C(F)(F)F)cc2n1. The summed E-state index contributed by atoms with van der Waals surface area (Å²) in [4.78, 5) is 33.2. The highest BCUT2D eigenvalue weighted by molar-refractivity contribution is 5.94. The van der Waals surface area contributed by atoms with Gasteiger partial charge in [0.2, 0.25) is 11.2 Å². The minimum Gasteiger partial charge on any atom is -0.493 e. The Morgan fingerprint density at radius 3 is 2.37 bits per heavy atom. The zero-order chi connectivity index (χ0) is 29.4. The van der Waals surface area contributed by atoms with Gasteiger partial charge in [0.05, 0.1) is 37.4 Å². The van der Waals surface area contributed by atoms with Crippen LogP contribution in [0.1, 0.15) is 48.0 Å². The van der Waals surface area contributed by atoms with Crippen LogP contribution in [-0.4, -0.2) is 73.8 Å². The molecule has 3 aromatic rings. The monoisotopic (exact) mass is 577 g/mol. The summed E-state index contributed by atoms with van der Waals surface area (Å²) in [5.41, 5.74) is -1.24. The summed E-state index contributed by atoms with van der Waals surface area (Å²) in [6.07, 6.45) is -1.23. The maximum absolute atomic E-state index is 13.2. The van der Waals surface area contributed by atoms with Gasteiger partial charge in [0.15, 0.2) is 5.69 Å². The number of esters is 1. The number of piperazine rings is 1. The average molecular weight is 578 g/mol. The fraction of sp³-hybridized carbons (Fsp3) is 0.483. The summed E-state index contributed by atoms with van der Waals surface area (Å²) in [6, 6.07) is 5.98. The van der Waals surface area contributed by atoms with E-state index in [4.69, 9.17) is 18.6 Å². The predicted molar refractivity (Wildman–Crippen MR) is 145 cm³/mol. The number of unbranched alkanes of at least 4 members (excludes halogenated alkanes) is 2. The molecule has 1 saturated heterocycles. The fourth-order valence-corrected chi connectivity index (χ4v) is 4.40. The highest BCUT2D eigenvalue weighted by atomic mass is 19.4. The Balaban J connectivity index is 1.26. The molecule has 3 heterocycles. The standard InChI is InChI=1S/C29H34F3N3O6/c1-3-38-28(37)24-17-26(22-8-7-20(29(30,31)32)15-23(22)33-24)39-13-5-4-6-14-40-27-19-41-21(16-25(27)36)18-35-11-9-34(2)10-12-35/h7-8,15-17,19H,3-6,9-14,18H2,1-2H3. The predicted octanol–water partition coefficient (Wildman–Crippen LogP) is 4.76. The number of nitrogens with zero attached hydrogens (tertiary/aromatic N) is 3. The Morgan fingerprint density at radius 2 is 1.71 bits per heavy atom. The molecule has 1 fully saturated rings. The van der Waals surface area contributed by atoms with Gasteiger partial charge in [0.1, 0.15) is 17.8 Å². The summed E-state index contributed by atoms with van der Waals surface area (Å²) in [5.74, 6) is 0.271. The van der Waals surface area contributed by atoms with E-state index in [1.54, 1.807) is 6.92 Å². The number of carbonyl (C=O) groups is 1. The number of halogens is 3. The minimum atomic E-state index is -4.55. The van der Waals surface area contributed by atoms with E-state index in [0.717, 1.165) is 38.3 Å². The van der Waals surface area contributed by atoms with Crippen LogP contribution in [0.15, 0.2) is 45.8 Å². The highest BCUT2D eigenvalue weighted by Crippen LogP contribution is 2.34. The molecule has 0 N–H and O–H groups in total. The second-order valence-electron chi connectivity index (χ2n) is 9.87. The molecule has 12 heteroatoms.